The van der Waals surface area contributed by atoms with Crippen LogP contribution in [0.5, 0.6) is 5.75 Å². The average Bonchev–Trinajstić information content (AvgIpc) is 3.16. The van der Waals surface area contributed by atoms with Crippen LogP contribution < -0.4 is 4.74 Å². The number of hydrogen-bond donors (Lipinski definition) is 0. The number of carbonyl (C=O) groups excluding carboxylic acids is 2. The lowest BCUT2D eigenvalue weighted by Crippen LogP contribution is -2.06. The van der Waals surface area contributed by atoms with Gasteiger partial charge >= 0.3 is 5.97 Å². The van der Waals surface area contributed by atoms with Gasteiger partial charge in [0.1, 0.15) is 5.75 Å². The second kappa shape index (κ2) is 7.24. The second-order valence-corrected chi connectivity index (χ2v) is 5.00. The minimum atomic E-state index is -0.553. The van der Waals surface area contributed by atoms with Crippen molar-refractivity contribution in [1.29, 1.82) is 0 Å². The highest BCUT2D eigenvalue weighted by atomic mass is 16.5. The first-order chi connectivity index (χ1) is 11.7. The summed E-state index contributed by atoms with van der Waals surface area (Å²) in [5.74, 6) is -0.0677. The van der Waals surface area contributed by atoms with Gasteiger partial charge < -0.3 is 9.15 Å². The Bertz CT molecular complexity index is 844. The molecule has 0 radical (unpaired) electrons. The van der Waals surface area contributed by atoms with Crippen LogP contribution >= 0.6 is 0 Å². The van der Waals surface area contributed by atoms with Crippen LogP contribution in [0.15, 0.2) is 83.5 Å². The summed E-state index contributed by atoms with van der Waals surface area (Å²) < 4.78 is 10.2. The number of carbonyl (C=O) groups is 2. The second-order valence-electron chi connectivity index (χ2n) is 5.00. The number of esters is 1. The van der Waals surface area contributed by atoms with Crippen LogP contribution in [0.1, 0.15) is 26.5 Å². The van der Waals surface area contributed by atoms with Crippen molar-refractivity contribution >= 4 is 17.8 Å². The summed E-state index contributed by atoms with van der Waals surface area (Å²) in [4.78, 5) is 23.8. The van der Waals surface area contributed by atoms with Crippen LogP contribution in [0.3, 0.4) is 0 Å². The van der Waals surface area contributed by atoms with Crippen molar-refractivity contribution in [2.75, 3.05) is 0 Å². The van der Waals surface area contributed by atoms with Crippen molar-refractivity contribution in [2.45, 2.75) is 0 Å². The first-order valence-corrected chi connectivity index (χ1v) is 7.35. The number of ether oxygens (including phenoxy) is 1. The Morgan fingerprint density at radius 1 is 0.875 bits per heavy atom. The Hall–Kier alpha value is -3.40. The Morgan fingerprint density at radius 2 is 1.62 bits per heavy atom. The molecule has 0 spiro atoms. The molecule has 24 heavy (non-hydrogen) atoms. The molecule has 3 rings (SSSR count). The van der Waals surface area contributed by atoms with Crippen molar-refractivity contribution in [1.82, 2.24) is 0 Å². The molecule has 1 aromatic heterocycles. The molecule has 0 unspecified atom stereocenters. The summed E-state index contributed by atoms with van der Waals surface area (Å²) in [5, 5.41) is 0. The summed E-state index contributed by atoms with van der Waals surface area (Å²) in [6.45, 7) is 0. The minimum absolute atomic E-state index is 0.0658. The van der Waals surface area contributed by atoms with E-state index >= 15 is 0 Å². The van der Waals surface area contributed by atoms with E-state index < -0.39 is 5.97 Å². The molecular weight excluding hydrogens is 304 g/mol. The van der Waals surface area contributed by atoms with E-state index in [1.165, 1.54) is 18.4 Å². The molecule has 0 aliphatic carbocycles. The number of rotatable bonds is 5. The van der Waals surface area contributed by atoms with Crippen LogP contribution in [0.2, 0.25) is 0 Å². The highest BCUT2D eigenvalue weighted by Gasteiger charge is 2.10. The summed E-state index contributed by atoms with van der Waals surface area (Å²) in [6, 6.07) is 19.0. The van der Waals surface area contributed by atoms with Gasteiger partial charge in [-0.15, -0.1) is 0 Å². The van der Waals surface area contributed by atoms with E-state index in [2.05, 4.69) is 0 Å². The third kappa shape index (κ3) is 3.87. The summed E-state index contributed by atoms with van der Waals surface area (Å²) in [5.41, 5.74) is 1.47. The van der Waals surface area contributed by atoms with Gasteiger partial charge in [-0.3, -0.25) is 4.79 Å². The highest BCUT2D eigenvalue weighted by molar-refractivity contribution is 6.06. The molecule has 0 aliphatic heterocycles. The predicted molar refractivity (Wildman–Crippen MR) is 89.9 cm³/mol. The van der Waals surface area contributed by atoms with E-state index in [1.54, 1.807) is 48.5 Å². The van der Waals surface area contributed by atoms with Crippen LogP contribution in [-0.4, -0.2) is 11.8 Å². The zero-order valence-electron chi connectivity index (χ0n) is 12.7. The number of hydrogen-bond acceptors (Lipinski definition) is 4. The normalized spacial score (nSPS) is 10.7. The molecule has 0 N–H and O–H groups in total. The Kier molecular flexibility index (Phi) is 4.68. The van der Waals surface area contributed by atoms with E-state index in [0.29, 0.717) is 11.3 Å². The summed E-state index contributed by atoms with van der Waals surface area (Å²) >= 11 is 0. The van der Waals surface area contributed by atoms with Crippen molar-refractivity contribution in [3.8, 4) is 5.75 Å². The van der Waals surface area contributed by atoms with E-state index in [1.807, 2.05) is 18.2 Å². The molecule has 0 saturated heterocycles. The molecule has 0 amide bonds. The van der Waals surface area contributed by atoms with Crippen molar-refractivity contribution in [3.63, 3.8) is 0 Å². The minimum Gasteiger partial charge on any atom is -0.457 e. The predicted octanol–water partition coefficient (Wildman–Crippen LogP) is 4.39. The summed E-state index contributed by atoms with van der Waals surface area (Å²) in [6.07, 6.45) is 4.64. The van der Waals surface area contributed by atoms with Gasteiger partial charge in [-0.25, -0.2) is 4.79 Å². The van der Waals surface area contributed by atoms with Crippen molar-refractivity contribution in [3.05, 3.63) is 96.0 Å². The molecule has 0 atom stereocenters. The molecule has 0 aliphatic rings. The fourth-order valence-electron chi connectivity index (χ4n) is 2.07. The number of ketones is 1. The molecule has 0 fully saturated rings. The van der Waals surface area contributed by atoms with Gasteiger partial charge in [0, 0.05) is 5.56 Å². The molecule has 4 nitrogen and oxygen atoms in total. The van der Waals surface area contributed by atoms with Gasteiger partial charge in [0.15, 0.2) is 5.78 Å². The fraction of sp³-hybridized carbons (Fsp3) is 0. The third-order valence-electron chi connectivity index (χ3n) is 3.30. The zero-order valence-corrected chi connectivity index (χ0v) is 12.7. The molecule has 118 valence electrons. The van der Waals surface area contributed by atoms with E-state index in [9.17, 15) is 9.59 Å². The van der Waals surface area contributed by atoms with Gasteiger partial charge in [-0.1, -0.05) is 48.5 Å². The van der Waals surface area contributed by atoms with E-state index in [0.717, 1.165) is 5.56 Å². The molecule has 4 heteroatoms. The fourth-order valence-corrected chi connectivity index (χ4v) is 2.07. The maximum absolute atomic E-state index is 12.0. The van der Waals surface area contributed by atoms with Crippen LogP contribution in [-0.2, 0) is 0 Å². The SMILES string of the molecule is O=C(/C=C/c1ccc(OC(=O)c2ccco2)cc1)c1ccccc1. The summed E-state index contributed by atoms with van der Waals surface area (Å²) in [7, 11) is 0. The molecular formula is C20H14O4. The van der Waals surface area contributed by atoms with Crippen molar-refractivity contribution in [2.24, 2.45) is 0 Å². The largest absolute Gasteiger partial charge is 0.457 e. The van der Waals surface area contributed by atoms with Gasteiger partial charge in [-0.05, 0) is 35.9 Å². The quantitative estimate of drug-likeness (QED) is 0.303. The monoisotopic (exact) mass is 318 g/mol. The van der Waals surface area contributed by atoms with Crippen LogP contribution in [0.25, 0.3) is 6.08 Å². The highest BCUT2D eigenvalue weighted by Crippen LogP contribution is 2.15. The number of benzene rings is 2. The Morgan fingerprint density at radius 3 is 2.29 bits per heavy atom. The molecule has 0 bridgehead atoms. The van der Waals surface area contributed by atoms with E-state index in [4.69, 9.17) is 9.15 Å². The third-order valence-corrected chi connectivity index (χ3v) is 3.30. The molecule has 0 saturated carbocycles. The maximum Gasteiger partial charge on any atom is 0.379 e. The standard InChI is InChI=1S/C20H14O4/c21-18(16-5-2-1-3-6-16)13-10-15-8-11-17(12-9-15)24-20(22)19-7-4-14-23-19/h1-14H/b13-10+. The zero-order chi connectivity index (χ0) is 16.8. The lowest BCUT2D eigenvalue weighted by atomic mass is 10.1. The lowest BCUT2D eigenvalue weighted by Gasteiger charge is -2.02. The maximum atomic E-state index is 12.0. The molecule has 1 heterocycles. The Balaban J connectivity index is 1.63. The number of furan rings is 1. The van der Waals surface area contributed by atoms with Gasteiger partial charge in [-0.2, -0.15) is 0 Å². The number of allylic oxidation sites excluding steroid dienone is 1. The first-order valence-electron chi connectivity index (χ1n) is 7.35. The average molecular weight is 318 g/mol. The first kappa shape index (κ1) is 15.5. The molecule has 3 aromatic rings. The van der Waals surface area contributed by atoms with Crippen molar-refractivity contribution < 1.29 is 18.7 Å². The van der Waals surface area contributed by atoms with E-state index in [-0.39, 0.29) is 11.5 Å². The van der Waals surface area contributed by atoms with Crippen LogP contribution in [0.4, 0.5) is 0 Å². The molecule has 2 aromatic carbocycles. The van der Waals surface area contributed by atoms with Crippen LogP contribution in [0, 0.1) is 0 Å². The van der Waals surface area contributed by atoms with Gasteiger partial charge in [0.25, 0.3) is 0 Å². The van der Waals surface area contributed by atoms with Gasteiger partial charge in [0.05, 0.1) is 6.26 Å². The lowest BCUT2D eigenvalue weighted by molar-refractivity contribution is 0.0701. The smallest absolute Gasteiger partial charge is 0.379 e. The van der Waals surface area contributed by atoms with Gasteiger partial charge in [0.2, 0.25) is 5.76 Å². The topological polar surface area (TPSA) is 56.5 Å². The Labute approximate surface area is 139 Å².